The molecule has 0 spiro atoms. The molecule has 0 heterocycles. The Morgan fingerprint density at radius 2 is 1.12 bits per heavy atom. The maximum absolute atomic E-state index is 12.5. The molecule has 0 saturated carbocycles. The zero-order chi connectivity index (χ0) is 36.8. The van der Waals surface area contributed by atoms with E-state index in [4.69, 9.17) is 24.3 Å². The number of hydrogen-bond acceptors (Lipinski definition) is 8. The first-order valence-corrected chi connectivity index (χ1v) is 20.8. The zero-order valence-corrected chi connectivity index (χ0v) is 32.3. The molecule has 0 saturated heterocycles. The third-order valence-corrected chi connectivity index (χ3v) is 8.72. The predicted octanol–water partition coefficient (Wildman–Crippen LogP) is 10.5. The third-order valence-electron chi connectivity index (χ3n) is 7.73. The van der Waals surface area contributed by atoms with Gasteiger partial charge in [0.1, 0.15) is 6.61 Å². The van der Waals surface area contributed by atoms with Gasteiger partial charge in [-0.15, -0.1) is 0 Å². The van der Waals surface area contributed by atoms with Gasteiger partial charge in [0.15, 0.2) is 6.10 Å². The lowest BCUT2D eigenvalue weighted by molar-refractivity contribution is -0.161. The number of rotatable bonds is 35. The van der Waals surface area contributed by atoms with Crippen molar-refractivity contribution in [2.75, 3.05) is 26.4 Å². The Morgan fingerprint density at radius 1 is 0.620 bits per heavy atom. The Bertz CT molecular complexity index is 1010. The fourth-order valence-electron chi connectivity index (χ4n) is 4.87. The summed E-state index contributed by atoms with van der Waals surface area (Å²) in [6.07, 6.45) is 41.0. The molecule has 0 aliphatic heterocycles. The maximum Gasteiger partial charge on any atom is 0.472 e. The summed E-state index contributed by atoms with van der Waals surface area (Å²) >= 11 is 0. The lowest BCUT2D eigenvalue weighted by Gasteiger charge is -2.19. The number of hydrogen-bond donors (Lipinski definition) is 2. The molecule has 0 aromatic rings. The van der Waals surface area contributed by atoms with E-state index in [1.807, 2.05) is 30.4 Å². The molecular weight excluding hydrogens is 653 g/mol. The number of ether oxygens (including phenoxy) is 2. The molecule has 0 radical (unpaired) electrons. The smallest absolute Gasteiger partial charge is 0.462 e. The van der Waals surface area contributed by atoms with Crippen molar-refractivity contribution in [2.45, 2.75) is 155 Å². The van der Waals surface area contributed by atoms with Gasteiger partial charge in [0.25, 0.3) is 0 Å². The van der Waals surface area contributed by atoms with E-state index >= 15 is 0 Å². The molecule has 0 aliphatic carbocycles. The van der Waals surface area contributed by atoms with Gasteiger partial charge in [0.2, 0.25) is 0 Å². The van der Waals surface area contributed by atoms with Crippen LogP contribution in [0.25, 0.3) is 0 Å². The molecule has 0 amide bonds. The van der Waals surface area contributed by atoms with Crippen LogP contribution in [0, 0.1) is 0 Å². The number of carbonyl (C=O) groups excluding carboxylic acids is 2. The quantitative estimate of drug-likeness (QED) is 0.0215. The molecule has 2 atom stereocenters. The van der Waals surface area contributed by atoms with Gasteiger partial charge in [0, 0.05) is 19.4 Å². The maximum atomic E-state index is 12.5. The molecule has 1 unspecified atom stereocenters. The summed E-state index contributed by atoms with van der Waals surface area (Å²) < 4.78 is 32.6. The summed E-state index contributed by atoms with van der Waals surface area (Å²) in [5, 5.41) is 0. The minimum Gasteiger partial charge on any atom is -0.462 e. The molecule has 50 heavy (non-hydrogen) atoms. The Labute approximate surface area is 304 Å². The van der Waals surface area contributed by atoms with E-state index in [-0.39, 0.29) is 32.6 Å². The van der Waals surface area contributed by atoms with E-state index in [1.54, 1.807) is 0 Å². The van der Waals surface area contributed by atoms with E-state index in [0.29, 0.717) is 12.8 Å². The van der Waals surface area contributed by atoms with Gasteiger partial charge in [-0.3, -0.25) is 18.6 Å². The van der Waals surface area contributed by atoms with E-state index in [9.17, 15) is 19.0 Å². The normalized spacial score (nSPS) is 14.1. The second kappa shape index (κ2) is 36.5. The average Bonchev–Trinajstić information content (AvgIpc) is 3.10. The summed E-state index contributed by atoms with van der Waals surface area (Å²) in [5.74, 6) is -0.872. The first-order chi connectivity index (χ1) is 24.3. The van der Waals surface area contributed by atoms with Crippen molar-refractivity contribution in [3.8, 4) is 0 Å². The molecule has 9 nitrogen and oxygen atoms in total. The number of carbonyl (C=O) groups is 2. The Morgan fingerprint density at radius 3 is 1.70 bits per heavy atom. The fourth-order valence-corrected chi connectivity index (χ4v) is 5.64. The van der Waals surface area contributed by atoms with Gasteiger partial charge >= 0.3 is 19.8 Å². The van der Waals surface area contributed by atoms with Gasteiger partial charge in [-0.05, 0) is 57.8 Å². The highest BCUT2D eigenvalue weighted by Crippen LogP contribution is 2.43. The predicted molar refractivity (Wildman–Crippen MR) is 206 cm³/mol. The van der Waals surface area contributed by atoms with Gasteiger partial charge in [0.05, 0.1) is 13.2 Å². The van der Waals surface area contributed by atoms with Gasteiger partial charge in [-0.25, -0.2) is 4.57 Å². The molecule has 288 valence electrons. The van der Waals surface area contributed by atoms with Crippen LogP contribution in [0.2, 0.25) is 0 Å². The lowest BCUT2D eigenvalue weighted by Crippen LogP contribution is -2.29. The standard InChI is InChI=1S/C40H70NO8P/c1-3-5-7-9-11-13-15-17-19-21-23-25-27-29-31-33-40(43)49-38(37-48-50(44,45)47-35-34-41)36-46-39(42)32-30-28-26-24-22-20-18-16-14-12-10-8-6-4-2/h5,7,9,11,13,15-19,38H,3-4,6,8,10,12,14,20-37,41H2,1-2H3,(H,44,45)/b7-5+,11-9+,15-13+,18-16+,19-17+/t38-/m1/s1. The van der Waals surface area contributed by atoms with Crippen LogP contribution >= 0.6 is 7.82 Å². The van der Waals surface area contributed by atoms with Crippen LogP contribution in [0.1, 0.15) is 149 Å². The van der Waals surface area contributed by atoms with Crippen LogP contribution in [0.3, 0.4) is 0 Å². The molecule has 10 heteroatoms. The van der Waals surface area contributed by atoms with Crippen molar-refractivity contribution in [2.24, 2.45) is 5.73 Å². The van der Waals surface area contributed by atoms with Gasteiger partial charge < -0.3 is 20.1 Å². The highest BCUT2D eigenvalue weighted by atomic mass is 31.2. The molecule has 3 N–H and O–H groups in total. The summed E-state index contributed by atoms with van der Waals surface area (Å²) in [5.41, 5.74) is 5.33. The fraction of sp³-hybridized carbons (Fsp3) is 0.700. The molecular formula is C40H70NO8P. The summed E-state index contributed by atoms with van der Waals surface area (Å²) in [6.45, 7) is 3.52. The average molecular weight is 724 g/mol. The van der Waals surface area contributed by atoms with Gasteiger partial charge in [-0.1, -0.05) is 139 Å². The van der Waals surface area contributed by atoms with Crippen LogP contribution in [0.15, 0.2) is 60.8 Å². The largest absolute Gasteiger partial charge is 0.472 e. The topological polar surface area (TPSA) is 134 Å². The Kier molecular flexibility index (Phi) is 34.8. The van der Waals surface area contributed by atoms with E-state index < -0.39 is 32.5 Å². The van der Waals surface area contributed by atoms with Crippen molar-refractivity contribution in [3.63, 3.8) is 0 Å². The highest BCUT2D eigenvalue weighted by molar-refractivity contribution is 7.47. The number of nitrogens with two attached hydrogens (primary N) is 1. The first-order valence-electron chi connectivity index (χ1n) is 19.3. The van der Waals surface area contributed by atoms with Crippen molar-refractivity contribution >= 4 is 19.8 Å². The van der Waals surface area contributed by atoms with Crippen molar-refractivity contribution in [1.29, 1.82) is 0 Å². The minimum absolute atomic E-state index is 0.0452. The number of phosphoric acid groups is 1. The molecule has 0 aliphatic rings. The Balaban J connectivity index is 4.29. The van der Waals surface area contributed by atoms with E-state index in [2.05, 4.69) is 44.2 Å². The minimum atomic E-state index is -4.38. The molecule has 0 fully saturated rings. The third kappa shape index (κ3) is 35.5. The molecule has 0 aromatic carbocycles. The van der Waals surface area contributed by atoms with Crippen molar-refractivity contribution in [1.82, 2.24) is 0 Å². The second-order valence-electron chi connectivity index (χ2n) is 12.5. The summed E-state index contributed by atoms with van der Waals surface area (Å²) in [4.78, 5) is 34.7. The number of esters is 2. The molecule has 0 bridgehead atoms. The van der Waals surface area contributed by atoms with E-state index in [0.717, 1.165) is 70.6 Å². The molecule has 0 rings (SSSR count). The second-order valence-corrected chi connectivity index (χ2v) is 14.0. The van der Waals surface area contributed by atoms with E-state index in [1.165, 1.54) is 38.5 Å². The van der Waals surface area contributed by atoms with Crippen LogP contribution in [0.5, 0.6) is 0 Å². The molecule has 0 aromatic heterocycles. The monoisotopic (exact) mass is 723 g/mol. The van der Waals surface area contributed by atoms with Gasteiger partial charge in [-0.2, -0.15) is 0 Å². The van der Waals surface area contributed by atoms with Crippen LogP contribution in [-0.2, 0) is 32.7 Å². The Hall–Kier alpha value is -2.29. The SMILES string of the molecule is CC/C=C/C=C/C=C/C=C/CCCCCCCC(=O)O[C@H](COC(=O)CCCCCCC/C=C/CCCCCCC)COP(=O)(O)OCCN. The zero-order valence-electron chi connectivity index (χ0n) is 31.4. The lowest BCUT2D eigenvalue weighted by atomic mass is 10.1. The number of unbranched alkanes of at least 4 members (excludes halogenated alkanes) is 15. The van der Waals surface area contributed by atoms with Crippen molar-refractivity contribution < 1.29 is 37.6 Å². The number of allylic oxidation sites excluding steroid dienone is 10. The highest BCUT2D eigenvalue weighted by Gasteiger charge is 2.25. The number of phosphoric ester groups is 1. The van der Waals surface area contributed by atoms with Crippen molar-refractivity contribution in [3.05, 3.63) is 60.8 Å². The van der Waals surface area contributed by atoms with Crippen LogP contribution < -0.4 is 5.73 Å². The van der Waals surface area contributed by atoms with Crippen LogP contribution in [0.4, 0.5) is 0 Å². The van der Waals surface area contributed by atoms with Crippen LogP contribution in [-0.4, -0.2) is 49.3 Å². The first kappa shape index (κ1) is 47.7. The summed E-state index contributed by atoms with van der Waals surface area (Å²) in [6, 6.07) is 0. The summed E-state index contributed by atoms with van der Waals surface area (Å²) in [7, 11) is -4.38.